The fraction of sp³-hybridized carbons (Fsp3) is 0.667. The van der Waals surface area contributed by atoms with E-state index in [4.69, 9.17) is 0 Å². The van der Waals surface area contributed by atoms with E-state index in [2.05, 4.69) is 22.5 Å². The Morgan fingerprint density at radius 3 is 2.94 bits per heavy atom. The number of carbonyl (C=O) groups excluding carboxylic acids is 1. The molecule has 1 saturated heterocycles. The second-order valence-electron chi connectivity index (χ2n) is 4.78. The van der Waals surface area contributed by atoms with Crippen molar-refractivity contribution in [3.05, 3.63) is 16.1 Å². The van der Waals surface area contributed by atoms with Crippen molar-refractivity contribution in [3.8, 4) is 0 Å². The van der Waals surface area contributed by atoms with Crippen LogP contribution in [0.5, 0.6) is 0 Å². The van der Waals surface area contributed by atoms with E-state index >= 15 is 0 Å². The van der Waals surface area contributed by atoms with Gasteiger partial charge in [-0.25, -0.2) is 4.98 Å². The van der Waals surface area contributed by atoms with Crippen molar-refractivity contribution in [1.82, 2.24) is 15.6 Å². The van der Waals surface area contributed by atoms with Crippen LogP contribution < -0.4 is 10.6 Å². The Morgan fingerprint density at radius 2 is 2.41 bits per heavy atom. The molecular weight excluding hydrogens is 234 g/mol. The van der Waals surface area contributed by atoms with Crippen LogP contribution in [0.3, 0.4) is 0 Å². The molecule has 3 unspecified atom stereocenters. The van der Waals surface area contributed by atoms with Crippen LogP contribution in [-0.4, -0.2) is 24.0 Å². The maximum Gasteiger partial charge on any atom is 0.225 e. The molecule has 1 aliphatic rings. The third-order valence-corrected chi connectivity index (χ3v) is 4.32. The average Bonchev–Trinajstić information content (AvgIpc) is 2.86. The molecule has 1 aliphatic heterocycles. The number of nitrogens with zero attached hydrogens (tertiary/aromatic N) is 1. The summed E-state index contributed by atoms with van der Waals surface area (Å²) in [7, 11) is 0. The second kappa shape index (κ2) is 5.14. The molecule has 94 valence electrons. The number of aryl methyl sites for hydroxylation is 1. The minimum absolute atomic E-state index is 0.00833. The van der Waals surface area contributed by atoms with Crippen molar-refractivity contribution in [2.45, 2.75) is 26.8 Å². The van der Waals surface area contributed by atoms with Gasteiger partial charge in [0.2, 0.25) is 5.91 Å². The van der Waals surface area contributed by atoms with E-state index in [-0.39, 0.29) is 17.9 Å². The third kappa shape index (κ3) is 2.84. The maximum atomic E-state index is 12.1. The monoisotopic (exact) mass is 253 g/mol. The Morgan fingerprint density at radius 1 is 1.65 bits per heavy atom. The molecule has 3 atom stereocenters. The van der Waals surface area contributed by atoms with Crippen molar-refractivity contribution in [1.29, 1.82) is 0 Å². The molecule has 2 rings (SSSR count). The van der Waals surface area contributed by atoms with Crippen LogP contribution in [0.4, 0.5) is 0 Å². The lowest BCUT2D eigenvalue weighted by molar-refractivity contribution is -0.126. The fourth-order valence-electron chi connectivity index (χ4n) is 2.12. The zero-order valence-corrected chi connectivity index (χ0v) is 11.3. The van der Waals surface area contributed by atoms with E-state index in [0.29, 0.717) is 5.92 Å². The molecule has 0 aromatic carbocycles. The Bertz CT molecular complexity index is 404. The van der Waals surface area contributed by atoms with E-state index in [0.717, 1.165) is 18.1 Å². The molecule has 17 heavy (non-hydrogen) atoms. The highest BCUT2D eigenvalue weighted by molar-refractivity contribution is 7.11. The number of nitrogens with one attached hydrogen (secondary N) is 2. The van der Waals surface area contributed by atoms with Crippen molar-refractivity contribution in [2.24, 2.45) is 11.8 Å². The van der Waals surface area contributed by atoms with Crippen molar-refractivity contribution < 1.29 is 4.79 Å². The molecule has 1 amide bonds. The lowest BCUT2D eigenvalue weighted by Gasteiger charge is -2.17. The lowest BCUT2D eigenvalue weighted by Crippen LogP contribution is -2.35. The summed E-state index contributed by atoms with van der Waals surface area (Å²) in [5.41, 5.74) is 0. The summed E-state index contributed by atoms with van der Waals surface area (Å²) in [6.07, 6.45) is 1.85. The SMILES string of the molecule is Cc1cnc(C(C)NC(=O)C2CNCC2C)s1. The van der Waals surface area contributed by atoms with Crippen LogP contribution in [0.25, 0.3) is 0 Å². The third-order valence-electron chi connectivity index (χ3n) is 3.22. The highest BCUT2D eigenvalue weighted by atomic mass is 32.1. The fourth-order valence-corrected chi connectivity index (χ4v) is 2.89. The van der Waals surface area contributed by atoms with Gasteiger partial charge in [-0.1, -0.05) is 6.92 Å². The zero-order valence-electron chi connectivity index (χ0n) is 10.5. The first-order chi connectivity index (χ1) is 8.08. The molecule has 0 spiro atoms. The van der Waals surface area contributed by atoms with Gasteiger partial charge in [-0.15, -0.1) is 11.3 Å². The molecule has 0 saturated carbocycles. The quantitative estimate of drug-likeness (QED) is 0.858. The molecule has 1 fully saturated rings. The van der Waals surface area contributed by atoms with Gasteiger partial charge >= 0.3 is 0 Å². The van der Waals surface area contributed by atoms with Gasteiger partial charge in [0.05, 0.1) is 12.0 Å². The molecule has 1 aromatic heterocycles. The van der Waals surface area contributed by atoms with Gasteiger partial charge in [0, 0.05) is 17.6 Å². The summed E-state index contributed by atoms with van der Waals surface area (Å²) >= 11 is 1.64. The number of amides is 1. The Labute approximate surface area is 106 Å². The lowest BCUT2D eigenvalue weighted by atomic mass is 9.97. The highest BCUT2D eigenvalue weighted by Crippen LogP contribution is 2.21. The van der Waals surface area contributed by atoms with Crippen molar-refractivity contribution in [3.63, 3.8) is 0 Å². The van der Waals surface area contributed by atoms with E-state index in [1.807, 2.05) is 20.0 Å². The van der Waals surface area contributed by atoms with E-state index in [1.54, 1.807) is 11.3 Å². The molecule has 0 aliphatic carbocycles. The number of hydrogen-bond acceptors (Lipinski definition) is 4. The molecule has 0 radical (unpaired) electrons. The average molecular weight is 253 g/mol. The number of thiazole rings is 1. The molecule has 4 nitrogen and oxygen atoms in total. The number of rotatable bonds is 3. The first-order valence-corrected chi connectivity index (χ1v) is 6.83. The maximum absolute atomic E-state index is 12.1. The molecule has 5 heteroatoms. The normalized spacial score (nSPS) is 25.8. The minimum atomic E-state index is 0.00833. The molecule has 2 N–H and O–H groups in total. The van der Waals surface area contributed by atoms with Crippen LogP contribution in [0.15, 0.2) is 6.20 Å². The van der Waals surface area contributed by atoms with Crippen LogP contribution >= 0.6 is 11.3 Å². The number of aromatic nitrogens is 1. The van der Waals surface area contributed by atoms with E-state index in [1.165, 1.54) is 4.88 Å². The largest absolute Gasteiger partial charge is 0.347 e. The summed E-state index contributed by atoms with van der Waals surface area (Å²) in [4.78, 5) is 17.6. The topological polar surface area (TPSA) is 54.0 Å². The Balaban J connectivity index is 1.94. The Hall–Kier alpha value is -0.940. The smallest absolute Gasteiger partial charge is 0.225 e. The molecule has 1 aromatic rings. The molecular formula is C12H19N3OS. The predicted molar refractivity (Wildman–Crippen MR) is 68.9 cm³/mol. The minimum Gasteiger partial charge on any atom is -0.347 e. The first kappa shape index (κ1) is 12.5. The van der Waals surface area contributed by atoms with E-state index < -0.39 is 0 Å². The highest BCUT2D eigenvalue weighted by Gasteiger charge is 2.30. The summed E-state index contributed by atoms with van der Waals surface area (Å²) in [6, 6.07) is 0.00833. The van der Waals surface area contributed by atoms with Gasteiger partial charge < -0.3 is 10.6 Å². The van der Waals surface area contributed by atoms with Crippen molar-refractivity contribution >= 4 is 17.2 Å². The van der Waals surface area contributed by atoms with Gasteiger partial charge in [0.25, 0.3) is 0 Å². The van der Waals surface area contributed by atoms with Gasteiger partial charge in [0.1, 0.15) is 5.01 Å². The summed E-state index contributed by atoms with van der Waals surface area (Å²) in [5, 5.41) is 7.28. The van der Waals surface area contributed by atoms with Crippen LogP contribution in [0.1, 0.15) is 29.8 Å². The molecule has 0 bridgehead atoms. The van der Waals surface area contributed by atoms with Gasteiger partial charge in [-0.3, -0.25) is 4.79 Å². The zero-order chi connectivity index (χ0) is 12.4. The summed E-state index contributed by atoms with van der Waals surface area (Å²) in [5.74, 6) is 0.654. The summed E-state index contributed by atoms with van der Waals surface area (Å²) < 4.78 is 0. The standard InChI is InChI=1S/C12H19N3OS/c1-7-4-13-6-10(7)11(16)15-9(3)12-14-5-8(2)17-12/h5,7,9-10,13H,4,6H2,1-3H3,(H,15,16). The predicted octanol–water partition coefficient (Wildman–Crippen LogP) is 1.48. The van der Waals surface area contributed by atoms with Crippen LogP contribution in [0.2, 0.25) is 0 Å². The van der Waals surface area contributed by atoms with Gasteiger partial charge in [-0.05, 0) is 26.3 Å². The number of carbonyl (C=O) groups is 1. The van der Waals surface area contributed by atoms with Crippen LogP contribution in [-0.2, 0) is 4.79 Å². The van der Waals surface area contributed by atoms with Crippen LogP contribution in [0, 0.1) is 18.8 Å². The molecule has 2 heterocycles. The summed E-state index contributed by atoms with van der Waals surface area (Å²) in [6.45, 7) is 7.85. The van der Waals surface area contributed by atoms with Crippen molar-refractivity contribution in [2.75, 3.05) is 13.1 Å². The first-order valence-electron chi connectivity index (χ1n) is 6.01. The number of hydrogen-bond donors (Lipinski definition) is 2. The Kier molecular flexibility index (Phi) is 3.79. The second-order valence-corrected chi connectivity index (χ2v) is 6.05. The van der Waals surface area contributed by atoms with Gasteiger partial charge in [-0.2, -0.15) is 0 Å². The van der Waals surface area contributed by atoms with E-state index in [9.17, 15) is 4.79 Å². The van der Waals surface area contributed by atoms with Gasteiger partial charge in [0.15, 0.2) is 0 Å².